The Hall–Kier alpha value is -3.55. The molecule has 38 heavy (non-hydrogen) atoms. The third-order valence-electron chi connectivity index (χ3n) is 5.53. The quantitative estimate of drug-likeness (QED) is 0.0928. The normalized spacial score (nSPS) is 12.9. The van der Waals surface area contributed by atoms with Gasteiger partial charge in [0, 0.05) is 5.92 Å². The minimum absolute atomic E-state index is 0.0881. The third-order valence-corrected chi connectivity index (χ3v) is 5.53. The lowest BCUT2D eigenvalue weighted by Gasteiger charge is -2.21. The van der Waals surface area contributed by atoms with Gasteiger partial charge >= 0.3 is 11.9 Å². The number of carboxylic acid groups (broad SMARTS) is 2. The van der Waals surface area contributed by atoms with Crippen molar-refractivity contribution >= 4 is 41.4 Å². The molecule has 216 valence electrons. The molecular weight excluding hydrogens is 502 g/mol. The lowest BCUT2D eigenvalue weighted by molar-refractivity contribution is -0.142. The number of carbonyl (C=O) groups excluding carboxylic acids is 5. The third kappa shape index (κ3) is 15.5. The second kappa shape index (κ2) is 19.5. The largest absolute Gasteiger partial charge is 0.481 e. The number of nitrogens with one attached hydrogen (secondary N) is 5. The summed E-state index contributed by atoms with van der Waals surface area (Å²) in [5.41, 5.74) is 0. The van der Waals surface area contributed by atoms with Gasteiger partial charge in [-0.2, -0.15) is 0 Å². The fourth-order valence-corrected chi connectivity index (χ4v) is 3.37. The highest BCUT2D eigenvalue weighted by Gasteiger charge is 2.28. The molecule has 7 N–H and O–H groups in total. The molecule has 0 saturated carbocycles. The van der Waals surface area contributed by atoms with Crippen LogP contribution in [0.2, 0.25) is 0 Å². The van der Waals surface area contributed by atoms with Crippen LogP contribution in [0.1, 0.15) is 65.7 Å². The van der Waals surface area contributed by atoms with E-state index in [1.807, 2.05) is 13.8 Å². The van der Waals surface area contributed by atoms with Crippen molar-refractivity contribution in [2.45, 2.75) is 77.8 Å². The summed E-state index contributed by atoms with van der Waals surface area (Å²) in [4.78, 5) is 83.3. The van der Waals surface area contributed by atoms with Crippen molar-refractivity contribution in [1.82, 2.24) is 26.6 Å². The zero-order valence-electron chi connectivity index (χ0n) is 22.3. The predicted molar refractivity (Wildman–Crippen MR) is 136 cm³/mol. The second-order valence-corrected chi connectivity index (χ2v) is 8.75. The van der Waals surface area contributed by atoms with E-state index in [1.54, 1.807) is 6.92 Å². The zero-order chi connectivity index (χ0) is 29.1. The highest BCUT2D eigenvalue weighted by Crippen LogP contribution is 2.13. The van der Waals surface area contributed by atoms with E-state index in [9.17, 15) is 33.6 Å². The molecule has 14 nitrogen and oxygen atoms in total. The van der Waals surface area contributed by atoms with E-state index >= 15 is 0 Å². The molecule has 0 aromatic carbocycles. The average Bonchev–Trinajstić information content (AvgIpc) is 2.86. The molecule has 0 spiro atoms. The first-order valence-electron chi connectivity index (χ1n) is 12.8. The fourth-order valence-electron chi connectivity index (χ4n) is 3.37. The molecule has 4 amide bonds. The van der Waals surface area contributed by atoms with Gasteiger partial charge < -0.3 is 36.8 Å². The Morgan fingerprint density at radius 2 is 1.24 bits per heavy atom. The van der Waals surface area contributed by atoms with Crippen LogP contribution in [0, 0.1) is 5.92 Å². The van der Waals surface area contributed by atoms with Crippen LogP contribution in [0.15, 0.2) is 0 Å². The van der Waals surface area contributed by atoms with E-state index in [0.29, 0.717) is 19.4 Å². The summed E-state index contributed by atoms with van der Waals surface area (Å²) in [6.45, 7) is 4.84. The van der Waals surface area contributed by atoms with E-state index in [2.05, 4.69) is 26.6 Å². The van der Waals surface area contributed by atoms with Crippen molar-refractivity contribution in [3.63, 3.8) is 0 Å². The minimum atomic E-state index is -1.57. The number of carbonyl (C=O) groups is 7. The number of aliphatic carboxylic acids is 2. The molecule has 14 heteroatoms. The Kier molecular flexibility index (Phi) is 17.7. The topological polar surface area (TPSA) is 220 Å². The number of rotatable bonds is 21. The number of amides is 4. The Morgan fingerprint density at radius 3 is 1.76 bits per heavy atom. The van der Waals surface area contributed by atoms with Gasteiger partial charge in [0.05, 0.1) is 38.5 Å². The Morgan fingerprint density at radius 1 is 0.684 bits per heavy atom. The van der Waals surface area contributed by atoms with Crippen molar-refractivity contribution in [3.05, 3.63) is 0 Å². The molecule has 0 fully saturated rings. The van der Waals surface area contributed by atoms with Crippen molar-refractivity contribution in [2.24, 2.45) is 5.92 Å². The average molecular weight is 544 g/mol. The molecule has 3 atom stereocenters. The van der Waals surface area contributed by atoms with Crippen LogP contribution in [0.4, 0.5) is 0 Å². The van der Waals surface area contributed by atoms with Crippen LogP contribution in [0.5, 0.6) is 0 Å². The molecule has 3 unspecified atom stereocenters. The Balaban J connectivity index is 4.75. The number of ketones is 1. The summed E-state index contributed by atoms with van der Waals surface area (Å²) in [5.74, 6) is -6.11. The number of hydrogen-bond acceptors (Lipinski definition) is 8. The van der Waals surface area contributed by atoms with Crippen LogP contribution >= 0.6 is 0 Å². The smallest absolute Gasteiger partial charge is 0.305 e. The van der Waals surface area contributed by atoms with Crippen LogP contribution in [-0.4, -0.2) is 89.8 Å². The lowest BCUT2D eigenvalue weighted by Crippen LogP contribution is -2.55. The maximum absolute atomic E-state index is 12.5. The zero-order valence-corrected chi connectivity index (χ0v) is 22.3. The first-order chi connectivity index (χ1) is 17.9. The molecule has 0 aromatic heterocycles. The molecule has 0 aliphatic carbocycles. The number of carboxylic acids is 2. The van der Waals surface area contributed by atoms with Gasteiger partial charge in [-0.15, -0.1) is 0 Å². The van der Waals surface area contributed by atoms with Gasteiger partial charge in [0.1, 0.15) is 6.04 Å². The van der Waals surface area contributed by atoms with Crippen molar-refractivity contribution < 1.29 is 43.8 Å². The van der Waals surface area contributed by atoms with E-state index < -0.39 is 73.6 Å². The van der Waals surface area contributed by atoms with Crippen LogP contribution < -0.4 is 26.6 Å². The first kappa shape index (κ1) is 34.5. The standard InChI is InChI=1S/C24H41N5O9/c1-4-7-8-15(6-3)18(30)12-26-19(31)13-27-20(32)14-28-23(37)17(11-22(35)36)29-24(38)16(10-21(33)34)25-9-5-2/h15-17,25H,4-14H2,1-3H3,(H,26,31)(H,27,32)(H,28,37)(H,29,38)(H,33,34)(H,35,36). The highest BCUT2D eigenvalue weighted by molar-refractivity contribution is 5.95. The monoisotopic (exact) mass is 543 g/mol. The molecule has 0 aliphatic rings. The number of hydrogen-bond donors (Lipinski definition) is 7. The van der Waals surface area contributed by atoms with Gasteiger partial charge in [0.2, 0.25) is 23.6 Å². The van der Waals surface area contributed by atoms with Gasteiger partial charge in [0.25, 0.3) is 0 Å². The summed E-state index contributed by atoms with van der Waals surface area (Å²) in [6.07, 6.45) is 2.51. The van der Waals surface area contributed by atoms with Crippen molar-refractivity contribution in [3.8, 4) is 0 Å². The molecule has 0 aromatic rings. The second-order valence-electron chi connectivity index (χ2n) is 8.75. The van der Waals surface area contributed by atoms with Crippen LogP contribution in [-0.2, 0) is 33.6 Å². The molecule has 0 saturated heterocycles. The van der Waals surface area contributed by atoms with E-state index in [0.717, 1.165) is 19.3 Å². The summed E-state index contributed by atoms with van der Waals surface area (Å²) in [5, 5.41) is 29.9. The number of unbranched alkanes of at least 4 members (excludes halogenated alkanes) is 1. The van der Waals surface area contributed by atoms with Gasteiger partial charge in [-0.1, -0.05) is 33.6 Å². The maximum Gasteiger partial charge on any atom is 0.305 e. The predicted octanol–water partition coefficient (Wildman–Crippen LogP) is -1.08. The molecule has 0 bridgehead atoms. The van der Waals surface area contributed by atoms with Crippen molar-refractivity contribution in [2.75, 3.05) is 26.2 Å². The summed E-state index contributed by atoms with van der Waals surface area (Å²) in [7, 11) is 0. The van der Waals surface area contributed by atoms with E-state index in [-0.39, 0.29) is 18.2 Å². The number of Topliss-reactive ketones (excluding diaryl/α,β-unsaturated/α-hetero) is 1. The summed E-state index contributed by atoms with van der Waals surface area (Å²) in [6, 6.07) is -2.76. The Bertz CT molecular complexity index is 834. The van der Waals surface area contributed by atoms with Gasteiger partial charge in [-0.25, -0.2) is 0 Å². The van der Waals surface area contributed by atoms with Gasteiger partial charge in [0.15, 0.2) is 5.78 Å². The molecule has 0 radical (unpaired) electrons. The first-order valence-corrected chi connectivity index (χ1v) is 12.8. The molecule has 0 heterocycles. The molecular formula is C24H41N5O9. The fraction of sp³-hybridized carbons (Fsp3) is 0.708. The lowest BCUT2D eigenvalue weighted by atomic mass is 9.95. The summed E-state index contributed by atoms with van der Waals surface area (Å²) >= 11 is 0. The highest BCUT2D eigenvalue weighted by atomic mass is 16.4. The van der Waals surface area contributed by atoms with Gasteiger partial charge in [-0.05, 0) is 25.8 Å². The van der Waals surface area contributed by atoms with E-state index in [4.69, 9.17) is 10.2 Å². The van der Waals surface area contributed by atoms with Crippen molar-refractivity contribution in [1.29, 1.82) is 0 Å². The SMILES string of the molecule is CCCCC(CC)C(=O)CNC(=O)CNC(=O)CNC(=O)C(CC(=O)O)NC(=O)C(CC(=O)O)NCCC. The maximum atomic E-state index is 12.5. The van der Waals surface area contributed by atoms with Gasteiger partial charge in [-0.3, -0.25) is 33.6 Å². The van der Waals surface area contributed by atoms with E-state index in [1.165, 1.54) is 0 Å². The Labute approximate surface area is 222 Å². The van der Waals surface area contributed by atoms with Crippen LogP contribution in [0.3, 0.4) is 0 Å². The summed E-state index contributed by atoms with van der Waals surface area (Å²) < 4.78 is 0. The molecule has 0 rings (SSSR count). The molecule has 0 aliphatic heterocycles. The minimum Gasteiger partial charge on any atom is -0.481 e. The van der Waals surface area contributed by atoms with Crippen LogP contribution in [0.25, 0.3) is 0 Å².